The minimum atomic E-state index is -0.160. The molecule has 0 unspecified atom stereocenters. The number of ketones is 1. The molecule has 0 radical (unpaired) electrons. The standard InChI is InChI=1S/C15H12BrNO3S/c16-14-6-5-13(21-14)11(18)9-17-7-8-20-12-4-2-1-3-10(12)15(17)19/h1-6H,7-9H2. The topological polar surface area (TPSA) is 46.6 Å². The fraction of sp³-hybridized carbons (Fsp3) is 0.200. The van der Waals surface area contributed by atoms with Crippen LogP contribution in [0.1, 0.15) is 20.0 Å². The highest BCUT2D eigenvalue weighted by atomic mass is 79.9. The number of hydrogen-bond acceptors (Lipinski definition) is 4. The van der Waals surface area contributed by atoms with Gasteiger partial charge in [-0.25, -0.2) is 0 Å². The van der Waals surface area contributed by atoms with E-state index >= 15 is 0 Å². The Kier molecular flexibility index (Phi) is 4.07. The lowest BCUT2D eigenvalue weighted by Gasteiger charge is -2.18. The molecule has 0 saturated carbocycles. The van der Waals surface area contributed by atoms with Crippen LogP contribution in [0.3, 0.4) is 0 Å². The van der Waals surface area contributed by atoms with Gasteiger partial charge in [-0.15, -0.1) is 11.3 Å². The number of nitrogens with zero attached hydrogens (tertiary/aromatic N) is 1. The van der Waals surface area contributed by atoms with Crippen molar-refractivity contribution in [1.29, 1.82) is 0 Å². The monoisotopic (exact) mass is 365 g/mol. The van der Waals surface area contributed by atoms with Gasteiger partial charge < -0.3 is 9.64 Å². The van der Waals surface area contributed by atoms with Crippen molar-refractivity contribution in [1.82, 2.24) is 4.90 Å². The number of halogens is 1. The second-order valence-electron chi connectivity index (χ2n) is 4.60. The van der Waals surface area contributed by atoms with Gasteiger partial charge in [0.1, 0.15) is 12.4 Å². The van der Waals surface area contributed by atoms with Gasteiger partial charge in [0, 0.05) is 0 Å². The number of carbonyl (C=O) groups is 2. The summed E-state index contributed by atoms with van der Waals surface area (Å²) in [6.45, 7) is 0.874. The number of ether oxygens (including phenoxy) is 1. The Balaban J connectivity index is 1.80. The molecular formula is C15H12BrNO3S. The third kappa shape index (κ3) is 3.01. The van der Waals surface area contributed by atoms with Crippen molar-refractivity contribution in [3.05, 3.63) is 50.6 Å². The Morgan fingerprint density at radius 3 is 2.86 bits per heavy atom. The third-order valence-electron chi connectivity index (χ3n) is 3.21. The van der Waals surface area contributed by atoms with Crippen LogP contribution >= 0.6 is 27.3 Å². The van der Waals surface area contributed by atoms with E-state index in [1.165, 1.54) is 11.3 Å². The summed E-state index contributed by atoms with van der Waals surface area (Å²) in [4.78, 5) is 26.9. The first-order chi connectivity index (χ1) is 10.1. The van der Waals surface area contributed by atoms with Crippen LogP contribution in [0.25, 0.3) is 0 Å². The highest BCUT2D eigenvalue weighted by Crippen LogP contribution is 2.25. The van der Waals surface area contributed by atoms with E-state index in [0.717, 1.165) is 3.79 Å². The van der Waals surface area contributed by atoms with E-state index in [-0.39, 0.29) is 18.2 Å². The lowest BCUT2D eigenvalue weighted by atomic mass is 10.1. The zero-order valence-electron chi connectivity index (χ0n) is 11.0. The number of carbonyl (C=O) groups excluding carboxylic acids is 2. The molecule has 2 heterocycles. The molecule has 2 aromatic rings. The molecule has 1 aromatic heterocycles. The first kappa shape index (κ1) is 14.3. The molecule has 1 aromatic carbocycles. The maximum atomic E-state index is 12.5. The van der Waals surface area contributed by atoms with Crippen LogP contribution in [0.5, 0.6) is 5.75 Å². The molecule has 0 spiro atoms. The van der Waals surface area contributed by atoms with Crippen LogP contribution < -0.4 is 4.74 Å². The van der Waals surface area contributed by atoms with Crippen LogP contribution in [0.4, 0.5) is 0 Å². The summed E-state index contributed by atoms with van der Waals surface area (Å²) in [6, 6.07) is 10.7. The minimum Gasteiger partial charge on any atom is -0.491 e. The van der Waals surface area contributed by atoms with Gasteiger partial charge in [0.15, 0.2) is 5.78 Å². The predicted molar refractivity (Wildman–Crippen MR) is 84.2 cm³/mol. The Hall–Kier alpha value is -1.66. The molecule has 0 saturated heterocycles. The van der Waals surface area contributed by atoms with E-state index in [0.29, 0.717) is 29.3 Å². The number of Topliss-reactive ketones (excluding diaryl/α,β-unsaturated/α-hetero) is 1. The third-order valence-corrected chi connectivity index (χ3v) is 4.87. The summed E-state index contributed by atoms with van der Waals surface area (Å²) in [7, 11) is 0. The zero-order valence-corrected chi connectivity index (χ0v) is 13.4. The Morgan fingerprint density at radius 1 is 1.29 bits per heavy atom. The van der Waals surface area contributed by atoms with Gasteiger partial charge in [0.05, 0.1) is 27.3 Å². The van der Waals surface area contributed by atoms with E-state index in [2.05, 4.69) is 15.9 Å². The highest BCUT2D eigenvalue weighted by Gasteiger charge is 2.25. The maximum absolute atomic E-state index is 12.5. The molecule has 0 atom stereocenters. The van der Waals surface area contributed by atoms with Crippen molar-refractivity contribution in [2.24, 2.45) is 0 Å². The van der Waals surface area contributed by atoms with E-state index < -0.39 is 0 Å². The number of benzene rings is 1. The number of hydrogen-bond donors (Lipinski definition) is 0. The lowest BCUT2D eigenvalue weighted by molar-refractivity contribution is 0.0710. The molecule has 1 aliphatic rings. The molecule has 0 fully saturated rings. The van der Waals surface area contributed by atoms with Crippen LogP contribution in [0.2, 0.25) is 0 Å². The second-order valence-corrected chi connectivity index (χ2v) is 7.06. The van der Waals surface area contributed by atoms with Gasteiger partial charge in [-0.1, -0.05) is 12.1 Å². The number of rotatable bonds is 3. The van der Waals surface area contributed by atoms with Crippen LogP contribution in [-0.4, -0.2) is 36.3 Å². The Labute approximate surface area is 134 Å². The lowest BCUT2D eigenvalue weighted by Crippen LogP contribution is -2.36. The molecule has 4 nitrogen and oxygen atoms in total. The van der Waals surface area contributed by atoms with Gasteiger partial charge in [0.25, 0.3) is 5.91 Å². The summed E-state index contributed by atoms with van der Waals surface area (Å²) in [5.41, 5.74) is 0.509. The molecule has 3 rings (SSSR count). The van der Waals surface area contributed by atoms with Crippen molar-refractivity contribution in [3.8, 4) is 5.75 Å². The molecule has 6 heteroatoms. The van der Waals surface area contributed by atoms with Crippen molar-refractivity contribution >= 4 is 39.0 Å². The van der Waals surface area contributed by atoms with Gasteiger partial charge >= 0.3 is 0 Å². The Morgan fingerprint density at radius 2 is 2.10 bits per heavy atom. The molecule has 108 valence electrons. The van der Waals surface area contributed by atoms with E-state index in [9.17, 15) is 9.59 Å². The first-order valence-corrected chi connectivity index (χ1v) is 8.06. The molecule has 21 heavy (non-hydrogen) atoms. The number of thiophene rings is 1. The molecule has 0 N–H and O–H groups in total. The van der Waals surface area contributed by atoms with Crippen molar-refractivity contribution < 1.29 is 14.3 Å². The molecule has 0 aliphatic carbocycles. The molecule has 1 aliphatic heterocycles. The number of amides is 1. The summed E-state index contributed by atoms with van der Waals surface area (Å²) in [5.74, 6) is 0.363. The summed E-state index contributed by atoms with van der Waals surface area (Å²) >= 11 is 4.71. The van der Waals surface area contributed by atoms with E-state index in [1.54, 1.807) is 29.2 Å². The average molecular weight is 366 g/mol. The first-order valence-electron chi connectivity index (χ1n) is 6.45. The number of para-hydroxylation sites is 1. The molecule has 1 amide bonds. The quantitative estimate of drug-likeness (QED) is 0.784. The fourth-order valence-electron chi connectivity index (χ4n) is 2.17. The fourth-order valence-corrected chi connectivity index (χ4v) is 3.49. The molecule has 0 bridgehead atoms. The molecular weight excluding hydrogens is 354 g/mol. The van der Waals surface area contributed by atoms with Crippen LogP contribution in [0, 0.1) is 0 Å². The van der Waals surface area contributed by atoms with Gasteiger partial charge in [0.2, 0.25) is 0 Å². The van der Waals surface area contributed by atoms with Crippen molar-refractivity contribution in [2.45, 2.75) is 0 Å². The van der Waals surface area contributed by atoms with Gasteiger partial charge in [-0.2, -0.15) is 0 Å². The Bertz CT molecular complexity index is 698. The van der Waals surface area contributed by atoms with E-state index in [1.807, 2.05) is 12.1 Å². The van der Waals surface area contributed by atoms with Gasteiger partial charge in [-0.05, 0) is 40.2 Å². The largest absolute Gasteiger partial charge is 0.491 e. The number of fused-ring (bicyclic) bond motifs is 1. The maximum Gasteiger partial charge on any atom is 0.258 e. The SMILES string of the molecule is O=C(CN1CCOc2ccccc2C1=O)c1ccc(Br)s1. The second kappa shape index (κ2) is 5.99. The summed E-state index contributed by atoms with van der Waals surface area (Å²) in [6.07, 6.45) is 0. The van der Waals surface area contributed by atoms with Crippen molar-refractivity contribution in [2.75, 3.05) is 19.7 Å². The zero-order chi connectivity index (χ0) is 14.8. The highest BCUT2D eigenvalue weighted by molar-refractivity contribution is 9.11. The summed E-state index contributed by atoms with van der Waals surface area (Å²) in [5, 5.41) is 0. The van der Waals surface area contributed by atoms with Crippen LogP contribution in [0.15, 0.2) is 40.2 Å². The van der Waals surface area contributed by atoms with Gasteiger partial charge in [-0.3, -0.25) is 9.59 Å². The average Bonchev–Trinajstić information content (AvgIpc) is 2.86. The summed E-state index contributed by atoms with van der Waals surface area (Å²) < 4.78 is 6.47. The predicted octanol–water partition coefficient (Wildman–Crippen LogP) is 3.23. The normalized spacial score (nSPS) is 14.3. The van der Waals surface area contributed by atoms with E-state index in [4.69, 9.17) is 4.74 Å². The van der Waals surface area contributed by atoms with Crippen molar-refractivity contribution in [3.63, 3.8) is 0 Å². The minimum absolute atomic E-state index is 0.0570. The smallest absolute Gasteiger partial charge is 0.258 e. The van der Waals surface area contributed by atoms with Crippen LogP contribution in [-0.2, 0) is 0 Å².